The lowest BCUT2D eigenvalue weighted by atomic mass is 9.85. The van der Waals surface area contributed by atoms with Gasteiger partial charge >= 0.3 is 0 Å². The molecule has 0 aromatic heterocycles. The summed E-state index contributed by atoms with van der Waals surface area (Å²) in [6, 6.07) is 7.30. The molecule has 2 aliphatic rings. The summed E-state index contributed by atoms with van der Waals surface area (Å²) < 4.78 is 6.36. The second-order valence-electron chi connectivity index (χ2n) is 5.84. The molecule has 2 nitrogen and oxygen atoms in total. The summed E-state index contributed by atoms with van der Waals surface area (Å²) in [5.74, 6) is 1.89. The van der Waals surface area contributed by atoms with E-state index in [4.69, 9.17) is 4.74 Å². The third kappa shape index (κ3) is 2.82. The lowest BCUT2D eigenvalue weighted by Gasteiger charge is -2.31. The Morgan fingerprint density at radius 2 is 2.11 bits per heavy atom. The number of methoxy groups -OCH3 is 1. The predicted molar refractivity (Wildman–Crippen MR) is 81.5 cm³/mol. The third-order valence-electron chi connectivity index (χ3n) is 4.73. The standard InChI is InChI=1S/C16H22BrNO/c1-19-16-7-6-12(10-14(16)17)11-18-9-8-13-4-2-3-5-15(13)18/h6-7,10,13,15H,2-5,8-9,11H2,1H3. The summed E-state index contributed by atoms with van der Waals surface area (Å²) >= 11 is 3.58. The Morgan fingerprint density at radius 1 is 1.26 bits per heavy atom. The Balaban J connectivity index is 1.69. The van der Waals surface area contributed by atoms with Crippen molar-refractivity contribution in [3.63, 3.8) is 0 Å². The van der Waals surface area contributed by atoms with Gasteiger partial charge in [-0.2, -0.15) is 0 Å². The number of rotatable bonds is 3. The molecule has 0 amide bonds. The molecule has 1 aliphatic heterocycles. The van der Waals surface area contributed by atoms with Crippen molar-refractivity contribution >= 4 is 15.9 Å². The molecule has 1 saturated carbocycles. The summed E-state index contributed by atoms with van der Waals surface area (Å²) in [6.07, 6.45) is 7.13. The van der Waals surface area contributed by atoms with E-state index in [1.165, 1.54) is 44.2 Å². The number of halogens is 1. The van der Waals surface area contributed by atoms with E-state index in [0.29, 0.717) is 0 Å². The first-order chi connectivity index (χ1) is 9.28. The summed E-state index contributed by atoms with van der Waals surface area (Å²) in [5.41, 5.74) is 1.39. The van der Waals surface area contributed by atoms with Gasteiger partial charge in [0.1, 0.15) is 5.75 Å². The molecular weight excluding hydrogens is 302 g/mol. The SMILES string of the molecule is COc1ccc(CN2CCC3CCCCC32)cc1Br. The van der Waals surface area contributed by atoms with Crippen molar-refractivity contribution < 1.29 is 4.74 Å². The highest BCUT2D eigenvalue weighted by Gasteiger charge is 2.35. The van der Waals surface area contributed by atoms with E-state index in [1.807, 2.05) is 0 Å². The van der Waals surface area contributed by atoms with Crippen LogP contribution >= 0.6 is 15.9 Å². The maximum atomic E-state index is 5.30. The van der Waals surface area contributed by atoms with Gasteiger partial charge in [0.05, 0.1) is 11.6 Å². The zero-order chi connectivity index (χ0) is 13.2. The summed E-state index contributed by atoms with van der Waals surface area (Å²) in [7, 11) is 1.72. The van der Waals surface area contributed by atoms with Gasteiger partial charge in [-0.05, 0) is 65.4 Å². The highest BCUT2D eigenvalue weighted by Crippen LogP contribution is 2.37. The third-order valence-corrected chi connectivity index (χ3v) is 5.35. The van der Waals surface area contributed by atoms with Gasteiger partial charge in [-0.15, -0.1) is 0 Å². The van der Waals surface area contributed by atoms with E-state index in [0.717, 1.165) is 28.7 Å². The molecule has 1 saturated heterocycles. The minimum absolute atomic E-state index is 0.842. The van der Waals surface area contributed by atoms with E-state index in [-0.39, 0.29) is 0 Å². The molecule has 1 aliphatic carbocycles. The Labute approximate surface area is 124 Å². The lowest BCUT2D eigenvalue weighted by Crippen LogP contribution is -2.34. The van der Waals surface area contributed by atoms with Crippen molar-refractivity contribution in [2.45, 2.75) is 44.7 Å². The minimum atomic E-state index is 0.842. The van der Waals surface area contributed by atoms with Gasteiger partial charge in [0.2, 0.25) is 0 Å². The lowest BCUT2D eigenvalue weighted by molar-refractivity contribution is 0.176. The van der Waals surface area contributed by atoms with Crippen LogP contribution in [0.2, 0.25) is 0 Å². The van der Waals surface area contributed by atoms with Crippen molar-refractivity contribution in [2.75, 3.05) is 13.7 Å². The van der Waals surface area contributed by atoms with E-state index in [9.17, 15) is 0 Å². The number of ether oxygens (including phenoxy) is 1. The molecule has 3 rings (SSSR count). The first-order valence-electron chi connectivity index (χ1n) is 7.34. The highest BCUT2D eigenvalue weighted by atomic mass is 79.9. The first-order valence-corrected chi connectivity index (χ1v) is 8.13. The van der Waals surface area contributed by atoms with Gasteiger partial charge in [0.15, 0.2) is 0 Å². The monoisotopic (exact) mass is 323 g/mol. The Hall–Kier alpha value is -0.540. The van der Waals surface area contributed by atoms with Crippen LogP contribution in [-0.4, -0.2) is 24.6 Å². The molecule has 0 radical (unpaired) electrons. The minimum Gasteiger partial charge on any atom is -0.496 e. The number of hydrogen-bond donors (Lipinski definition) is 0. The predicted octanol–water partition coefficient (Wildman–Crippen LogP) is 4.22. The van der Waals surface area contributed by atoms with Gasteiger partial charge in [0, 0.05) is 12.6 Å². The molecule has 2 atom stereocenters. The summed E-state index contributed by atoms with van der Waals surface area (Å²) in [5, 5.41) is 0. The van der Waals surface area contributed by atoms with Crippen LogP contribution in [-0.2, 0) is 6.54 Å². The zero-order valence-corrected chi connectivity index (χ0v) is 13.2. The van der Waals surface area contributed by atoms with Crippen molar-refractivity contribution in [2.24, 2.45) is 5.92 Å². The average molecular weight is 324 g/mol. The van der Waals surface area contributed by atoms with Gasteiger partial charge in [0.25, 0.3) is 0 Å². The molecule has 1 aromatic carbocycles. The van der Waals surface area contributed by atoms with E-state index >= 15 is 0 Å². The number of nitrogens with zero attached hydrogens (tertiary/aromatic N) is 1. The first kappa shape index (κ1) is 13.4. The van der Waals surface area contributed by atoms with Crippen LogP contribution in [0.1, 0.15) is 37.7 Å². The Kier molecular flexibility index (Phi) is 4.13. The fourth-order valence-electron chi connectivity index (χ4n) is 3.74. The molecule has 19 heavy (non-hydrogen) atoms. The van der Waals surface area contributed by atoms with Crippen molar-refractivity contribution in [1.82, 2.24) is 4.90 Å². The maximum Gasteiger partial charge on any atom is 0.133 e. The van der Waals surface area contributed by atoms with Crippen LogP contribution in [0.5, 0.6) is 5.75 Å². The van der Waals surface area contributed by atoms with Crippen LogP contribution in [0, 0.1) is 5.92 Å². The molecule has 0 N–H and O–H groups in total. The molecule has 0 spiro atoms. The fourth-order valence-corrected chi connectivity index (χ4v) is 4.33. The molecule has 3 heteroatoms. The molecule has 2 unspecified atom stereocenters. The molecule has 104 valence electrons. The second kappa shape index (κ2) is 5.84. The van der Waals surface area contributed by atoms with Crippen molar-refractivity contribution in [3.8, 4) is 5.75 Å². The molecule has 2 fully saturated rings. The number of benzene rings is 1. The van der Waals surface area contributed by atoms with Crippen LogP contribution in [0.3, 0.4) is 0 Å². The fraction of sp³-hybridized carbons (Fsp3) is 0.625. The molecule has 1 heterocycles. The van der Waals surface area contributed by atoms with Gasteiger partial charge in [-0.3, -0.25) is 4.90 Å². The summed E-state index contributed by atoms with van der Waals surface area (Å²) in [4.78, 5) is 2.69. The van der Waals surface area contributed by atoms with Gasteiger partial charge in [-0.25, -0.2) is 0 Å². The number of fused-ring (bicyclic) bond motifs is 1. The topological polar surface area (TPSA) is 12.5 Å². The Bertz CT molecular complexity index is 448. The number of likely N-dealkylation sites (tertiary alicyclic amines) is 1. The van der Waals surface area contributed by atoms with Crippen LogP contribution in [0.15, 0.2) is 22.7 Å². The maximum absolute atomic E-state index is 5.30. The smallest absolute Gasteiger partial charge is 0.133 e. The number of hydrogen-bond acceptors (Lipinski definition) is 2. The van der Waals surface area contributed by atoms with Crippen molar-refractivity contribution in [3.05, 3.63) is 28.2 Å². The average Bonchev–Trinajstić information content (AvgIpc) is 2.83. The van der Waals surface area contributed by atoms with E-state index in [1.54, 1.807) is 7.11 Å². The van der Waals surface area contributed by atoms with Crippen LogP contribution in [0.25, 0.3) is 0 Å². The largest absolute Gasteiger partial charge is 0.496 e. The quantitative estimate of drug-likeness (QED) is 0.825. The molecular formula is C16H22BrNO. The normalized spacial score (nSPS) is 27.3. The van der Waals surface area contributed by atoms with E-state index < -0.39 is 0 Å². The van der Waals surface area contributed by atoms with Gasteiger partial charge < -0.3 is 4.74 Å². The van der Waals surface area contributed by atoms with Crippen LogP contribution < -0.4 is 4.74 Å². The molecule has 0 bridgehead atoms. The Morgan fingerprint density at radius 3 is 2.89 bits per heavy atom. The highest BCUT2D eigenvalue weighted by molar-refractivity contribution is 9.10. The van der Waals surface area contributed by atoms with Gasteiger partial charge in [-0.1, -0.05) is 18.9 Å². The van der Waals surface area contributed by atoms with Crippen LogP contribution in [0.4, 0.5) is 0 Å². The van der Waals surface area contributed by atoms with E-state index in [2.05, 4.69) is 39.0 Å². The van der Waals surface area contributed by atoms with Crippen molar-refractivity contribution in [1.29, 1.82) is 0 Å². The second-order valence-corrected chi connectivity index (χ2v) is 6.69. The molecule has 1 aromatic rings. The zero-order valence-electron chi connectivity index (χ0n) is 11.6. The summed E-state index contributed by atoms with van der Waals surface area (Å²) in [6.45, 7) is 2.36.